The molecule has 0 aliphatic heterocycles. The van der Waals surface area contributed by atoms with Crippen LogP contribution in [0.1, 0.15) is 11.1 Å². The maximum absolute atomic E-state index is 12.1. The molecule has 2 aromatic carbocycles. The van der Waals surface area contributed by atoms with Crippen LogP contribution in [0, 0.1) is 0 Å². The van der Waals surface area contributed by atoms with Gasteiger partial charge in [-0.15, -0.1) is 0 Å². The van der Waals surface area contributed by atoms with Gasteiger partial charge in [0.05, 0.1) is 0 Å². The molecule has 2 nitrogen and oxygen atoms in total. The summed E-state index contributed by atoms with van der Waals surface area (Å²) < 4.78 is 0. The maximum atomic E-state index is 12.1. The van der Waals surface area contributed by atoms with Crippen LogP contribution in [0.4, 0.5) is 0 Å². The molecule has 0 atom stereocenters. The van der Waals surface area contributed by atoms with Crippen molar-refractivity contribution in [3.05, 3.63) is 80.1 Å². The summed E-state index contributed by atoms with van der Waals surface area (Å²) in [7, 11) is 0. The van der Waals surface area contributed by atoms with Crippen molar-refractivity contribution >= 4 is 34.1 Å². The molecule has 0 unspecified atom stereocenters. The van der Waals surface area contributed by atoms with Crippen molar-refractivity contribution in [3.63, 3.8) is 0 Å². The van der Waals surface area contributed by atoms with Gasteiger partial charge in [0.2, 0.25) is 0 Å². The molecule has 1 N–H and O–H groups in total. The third-order valence-corrected chi connectivity index (χ3v) is 4.10. The SMILES string of the molecule is O=c1[nH]c2ccccc2cc1CCc1ccc(Cl)cc1Cl. The molecule has 3 rings (SSSR count). The highest BCUT2D eigenvalue weighted by Crippen LogP contribution is 2.22. The summed E-state index contributed by atoms with van der Waals surface area (Å²) in [5, 5.41) is 2.29. The van der Waals surface area contributed by atoms with Crippen LogP contribution in [0.5, 0.6) is 0 Å². The Balaban J connectivity index is 1.88. The number of rotatable bonds is 3. The fourth-order valence-electron chi connectivity index (χ4n) is 2.37. The highest BCUT2D eigenvalue weighted by atomic mass is 35.5. The van der Waals surface area contributed by atoms with Crippen LogP contribution in [-0.4, -0.2) is 4.98 Å². The molecule has 1 aromatic heterocycles. The molecule has 106 valence electrons. The zero-order chi connectivity index (χ0) is 14.8. The zero-order valence-electron chi connectivity index (χ0n) is 11.2. The normalized spacial score (nSPS) is 11.0. The van der Waals surface area contributed by atoms with Crippen LogP contribution in [0.25, 0.3) is 10.9 Å². The second-order valence-electron chi connectivity index (χ2n) is 4.95. The van der Waals surface area contributed by atoms with Gasteiger partial charge in [-0.3, -0.25) is 4.79 Å². The number of hydrogen-bond donors (Lipinski definition) is 1. The number of fused-ring (bicyclic) bond motifs is 1. The summed E-state index contributed by atoms with van der Waals surface area (Å²) in [5.74, 6) is 0. The summed E-state index contributed by atoms with van der Waals surface area (Å²) in [6.07, 6.45) is 1.35. The highest BCUT2D eigenvalue weighted by molar-refractivity contribution is 6.35. The number of nitrogens with one attached hydrogen (secondary N) is 1. The van der Waals surface area contributed by atoms with Crippen LogP contribution >= 0.6 is 23.2 Å². The first-order valence-corrected chi connectivity index (χ1v) is 7.44. The lowest BCUT2D eigenvalue weighted by atomic mass is 10.0. The van der Waals surface area contributed by atoms with Crippen molar-refractivity contribution < 1.29 is 0 Å². The van der Waals surface area contributed by atoms with Gasteiger partial charge < -0.3 is 4.98 Å². The molecule has 4 heteroatoms. The smallest absolute Gasteiger partial charge is 0.251 e. The van der Waals surface area contributed by atoms with E-state index in [1.54, 1.807) is 6.07 Å². The first-order valence-electron chi connectivity index (χ1n) is 6.68. The molecule has 0 saturated heterocycles. The van der Waals surface area contributed by atoms with Crippen LogP contribution in [-0.2, 0) is 12.8 Å². The lowest BCUT2D eigenvalue weighted by Gasteiger charge is -2.06. The Kier molecular flexibility index (Phi) is 4.00. The number of benzene rings is 2. The largest absolute Gasteiger partial charge is 0.322 e. The standard InChI is InChI=1S/C17H13Cl2NO/c18-14-8-7-11(15(19)10-14)5-6-13-9-12-3-1-2-4-16(12)20-17(13)21/h1-4,7-10H,5-6H2,(H,20,21). The Morgan fingerprint density at radius 1 is 0.905 bits per heavy atom. The summed E-state index contributed by atoms with van der Waals surface area (Å²) in [6.45, 7) is 0. The van der Waals surface area contributed by atoms with Gasteiger partial charge in [0, 0.05) is 21.1 Å². The third kappa shape index (κ3) is 3.12. The number of halogens is 2. The number of hydrogen-bond acceptors (Lipinski definition) is 1. The molecule has 21 heavy (non-hydrogen) atoms. The fraction of sp³-hybridized carbons (Fsp3) is 0.118. The summed E-state index contributed by atoms with van der Waals surface area (Å²) in [4.78, 5) is 15.0. The first kappa shape index (κ1) is 14.2. The second-order valence-corrected chi connectivity index (χ2v) is 5.79. The molecule has 3 aromatic rings. The van der Waals surface area contributed by atoms with E-state index in [2.05, 4.69) is 4.98 Å². The Morgan fingerprint density at radius 2 is 1.67 bits per heavy atom. The Labute approximate surface area is 132 Å². The number of pyridine rings is 1. The van der Waals surface area contributed by atoms with E-state index in [1.807, 2.05) is 42.5 Å². The highest BCUT2D eigenvalue weighted by Gasteiger charge is 2.06. The quantitative estimate of drug-likeness (QED) is 0.751. The second kappa shape index (κ2) is 5.92. The van der Waals surface area contributed by atoms with E-state index in [9.17, 15) is 4.79 Å². The minimum absolute atomic E-state index is 0.0428. The fourth-order valence-corrected chi connectivity index (χ4v) is 2.88. The van der Waals surface area contributed by atoms with Gasteiger partial charge in [-0.25, -0.2) is 0 Å². The van der Waals surface area contributed by atoms with E-state index in [0.29, 0.717) is 22.9 Å². The molecule has 0 bridgehead atoms. The molecule has 1 heterocycles. The van der Waals surface area contributed by atoms with Gasteiger partial charge in [-0.2, -0.15) is 0 Å². The van der Waals surface area contributed by atoms with Gasteiger partial charge >= 0.3 is 0 Å². The lowest BCUT2D eigenvalue weighted by molar-refractivity contribution is 0.940. The zero-order valence-corrected chi connectivity index (χ0v) is 12.7. The average Bonchev–Trinajstić information content (AvgIpc) is 2.46. The van der Waals surface area contributed by atoms with Gasteiger partial charge in [0.25, 0.3) is 5.56 Å². The Hall–Kier alpha value is -1.77. The molecule has 0 spiro atoms. The third-order valence-electron chi connectivity index (χ3n) is 3.51. The van der Waals surface area contributed by atoms with Crippen LogP contribution < -0.4 is 5.56 Å². The van der Waals surface area contributed by atoms with E-state index in [1.165, 1.54) is 0 Å². The molecule has 0 fully saturated rings. The summed E-state index contributed by atoms with van der Waals surface area (Å²) in [6, 6.07) is 15.1. The van der Waals surface area contributed by atoms with E-state index < -0.39 is 0 Å². The number of aryl methyl sites for hydroxylation is 2. The van der Waals surface area contributed by atoms with E-state index in [4.69, 9.17) is 23.2 Å². The van der Waals surface area contributed by atoms with Crippen molar-refractivity contribution in [2.24, 2.45) is 0 Å². The first-order chi connectivity index (χ1) is 10.1. The Bertz CT molecular complexity index is 855. The molecule has 0 amide bonds. The van der Waals surface area contributed by atoms with Crippen molar-refractivity contribution in [2.45, 2.75) is 12.8 Å². The molecule has 0 radical (unpaired) electrons. The number of H-pyrrole nitrogens is 1. The van der Waals surface area contributed by atoms with Gasteiger partial charge in [-0.1, -0.05) is 47.5 Å². The molecular formula is C17H13Cl2NO. The lowest BCUT2D eigenvalue weighted by Crippen LogP contribution is -2.13. The predicted octanol–water partition coefficient (Wildman–Crippen LogP) is 4.62. The Morgan fingerprint density at radius 3 is 2.48 bits per heavy atom. The molecule has 0 aliphatic carbocycles. The van der Waals surface area contributed by atoms with Crippen molar-refractivity contribution in [2.75, 3.05) is 0 Å². The topological polar surface area (TPSA) is 32.9 Å². The molecular weight excluding hydrogens is 305 g/mol. The summed E-state index contributed by atoms with van der Waals surface area (Å²) in [5.41, 5.74) is 2.57. The minimum atomic E-state index is -0.0428. The van der Waals surface area contributed by atoms with Gasteiger partial charge in [0.1, 0.15) is 0 Å². The van der Waals surface area contributed by atoms with E-state index >= 15 is 0 Å². The maximum Gasteiger partial charge on any atom is 0.251 e. The molecule has 0 aliphatic rings. The average molecular weight is 318 g/mol. The number of aromatic nitrogens is 1. The van der Waals surface area contributed by atoms with Crippen LogP contribution in [0.15, 0.2) is 53.3 Å². The van der Waals surface area contributed by atoms with Crippen molar-refractivity contribution in [3.8, 4) is 0 Å². The monoisotopic (exact) mass is 317 g/mol. The number of aromatic amines is 1. The van der Waals surface area contributed by atoms with Gasteiger partial charge in [-0.05, 0) is 48.1 Å². The van der Waals surface area contributed by atoms with E-state index in [-0.39, 0.29) is 5.56 Å². The molecule has 0 saturated carbocycles. The van der Waals surface area contributed by atoms with Crippen molar-refractivity contribution in [1.82, 2.24) is 4.98 Å². The predicted molar refractivity (Wildman–Crippen MR) is 88.4 cm³/mol. The number of para-hydroxylation sites is 1. The van der Waals surface area contributed by atoms with E-state index in [0.717, 1.165) is 22.0 Å². The van der Waals surface area contributed by atoms with Crippen LogP contribution in [0.2, 0.25) is 10.0 Å². The van der Waals surface area contributed by atoms with Crippen LogP contribution in [0.3, 0.4) is 0 Å². The van der Waals surface area contributed by atoms with Crippen molar-refractivity contribution in [1.29, 1.82) is 0 Å². The van der Waals surface area contributed by atoms with Gasteiger partial charge in [0.15, 0.2) is 0 Å². The minimum Gasteiger partial charge on any atom is -0.322 e. The summed E-state index contributed by atoms with van der Waals surface area (Å²) >= 11 is 12.0.